The topological polar surface area (TPSA) is 94.2 Å². The van der Waals surface area contributed by atoms with E-state index in [0.717, 1.165) is 5.56 Å². The highest BCUT2D eigenvalue weighted by atomic mass is 16.6. The molecule has 0 spiro atoms. The summed E-state index contributed by atoms with van der Waals surface area (Å²) in [4.78, 5) is 34.6. The quantitative estimate of drug-likeness (QED) is 0.566. The second kappa shape index (κ2) is 7.43. The molecule has 1 N–H and O–H groups in total. The summed E-state index contributed by atoms with van der Waals surface area (Å²) in [7, 11) is 0. The minimum Gasteiger partial charge on any atom is -0.322 e. The van der Waals surface area contributed by atoms with Gasteiger partial charge in [0, 0.05) is 30.1 Å². The van der Waals surface area contributed by atoms with Crippen LogP contribution in [0.3, 0.4) is 0 Å². The van der Waals surface area contributed by atoms with Crippen molar-refractivity contribution in [3.8, 4) is 0 Å². The zero-order valence-corrected chi connectivity index (χ0v) is 13.7. The fourth-order valence-corrected chi connectivity index (χ4v) is 2.44. The second-order valence-corrected chi connectivity index (χ2v) is 5.63. The predicted octanol–water partition coefficient (Wildman–Crippen LogP) is 3.06. The summed E-state index contributed by atoms with van der Waals surface area (Å²) in [5.41, 5.74) is 1.43. The SMILES string of the molecule is O=C(Nc1ccc([N+](=O)[O-])cc1)c1ccc(=O)n(Cc2ccccc2)c1. The smallest absolute Gasteiger partial charge is 0.269 e. The number of nitro benzene ring substituents is 1. The van der Waals surface area contributed by atoms with Gasteiger partial charge >= 0.3 is 0 Å². The summed E-state index contributed by atoms with van der Waals surface area (Å²) < 4.78 is 1.46. The number of anilines is 1. The maximum Gasteiger partial charge on any atom is 0.269 e. The first-order chi connectivity index (χ1) is 12.5. The Balaban J connectivity index is 1.78. The van der Waals surface area contributed by atoms with Crippen molar-refractivity contribution in [3.05, 3.63) is 105 Å². The van der Waals surface area contributed by atoms with Gasteiger partial charge in [-0.25, -0.2) is 0 Å². The van der Waals surface area contributed by atoms with Gasteiger partial charge in [0.15, 0.2) is 0 Å². The number of aromatic nitrogens is 1. The highest BCUT2D eigenvalue weighted by molar-refractivity contribution is 6.04. The third kappa shape index (κ3) is 4.02. The van der Waals surface area contributed by atoms with Gasteiger partial charge in [0.05, 0.1) is 17.0 Å². The van der Waals surface area contributed by atoms with Gasteiger partial charge in [-0.2, -0.15) is 0 Å². The molecule has 0 saturated heterocycles. The molecule has 1 heterocycles. The van der Waals surface area contributed by atoms with E-state index in [-0.39, 0.29) is 11.2 Å². The molecule has 0 aliphatic carbocycles. The molecule has 0 radical (unpaired) electrons. The van der Waals surface area contributed by atoms with Gasteiger partial charge in [-0.15, -0.1) is 0 Å². The number of non-ortho nitro benzene ring substituents is 1. The number of nitrogens with one attached hydrogen (secondary N) is 1. The lowest BCUT2D eigenvalue weighted by atomic mass is 10.2. The zero-order valence-electron chi connectivity index (χ0n) is 13.7. The Morgan fingerprint density at radius 2 is 1.69 bits per heavy atom. The number of benzene rings is 2. The Morgan fingerprint density at radius 1 is 1.00 bits per heavy atom. The summed E-state index contributed by atoms with van der Waals surface area (Å²) in [6.07, 6.45) is 1.50. The maximum absolute atomic E-state index is 12.4. The Labute approximate surface area is 148 Å². The number of hydrogen-bond donors (Lipinski definition) is 1. The van der Waals surface area contributed by atoms with E-state index in [9.17, 15) is 19.7 Å². The van der Waals surface area contributed by atoms with Gasteiger partial charge in [0.1, 0.15) is 0 Å². The number of carbonyl (C=O) groups excluding carboxylic acids is 1. The minimum atomic E-state index is -0.509. The summed E-state index contributed by atoms with van der Waals surface area (Å²) in [5, 5.41) is 13.3. The number of amides is 1. The van der Waals surface area contributed by atoms with Crippen LogP contribution >= 0.6 is 0 Å². The Kier molecular flexibility index (Phi) is 4.89. The van der Waals surface area contributed by atoms with Crippen LogP contribution in [0.1, 0.15) is 15.9 Å². The fourth-order valence-electron chi connectivity index (χ4n) is 2.44. The van der Waals surface area contributed by atoms with E-state index < -0.39 is 10.8 Å². The van der Waals surface area contributed by atoms with Crippen molar-refractivity contribution >= 4 is 17.3 Å². The van der Waals surface area contributed by atoms with Crippen molar-refractivity contribution in [3.63, 3.8) is 0 Å². The largest absolute Gasteiger partial charge is 0.322 e. The van der Waals surface area contributed by atoms with Gasteiger partial charge in [-0.1, -0.05) is 30.3 Å². The first-order valence-corrected chi connectivity index (χ1v) is 7.83. The number of rotatable bonds is 5. The third-order valence-electron chi connectivity index (χ3n) is 3.78. The van der Waals surface area contributed by atoms with Crippen LogP contribution in [-0.4, -0.2) is 15.4 Å². The normalized spacial score (nSPS) is 10.3. The molecular formula is C19H15N3O4. The third-order valence-corrected chi connectivity index (χ3v) is 3.78. The van der Waals surface area contributed by atoms with Crippen LogP contribution < -0.4 is 10.9 Å². The summed E-state index contributed by atoms with van der Waals surface area (Å²) >= 11 is 0. The van der Waals surface area contributed by atoms with Gasteiger partial charge in [0.25, 0.3) is 17.2 Å². The van der Waals surface area contributed by atoms with E-state index in [1.165, 1.54) is 47.2 Å². The molecule has 1 amide bonds. The zero-order chi connectivity index (χ0) is 18.5. The lowest BCUT2D eigenvalue weighted by Gasteiger charge is -2.09. The minimum absolute atomic E-state index is 0.0561. The monoisotopic (exact) mass is 349 g/mol. The van der Waals surface area contributed by atoms with Crippen molar-refractivity contribution in [1.29, 1.82) is 0 Å². The summed E-state index contributed by atoms with van der Waals surface area (Å²) in [5.74, 6) is -0.402. The van der Waals surface area contributed by atoms with E-state index in [0.29, 0.717) is 17.8 Å². The van der Waals surface area contributed by atoms with Crippen molar-refractivity contribution in [1.82, 2.24) is 4.57 Å². The van der Waals surface area contributed by atoms with Crippen LogP contribution in [0.15, 0.2) is 77.7 Å². The molecule has 0 fully saturated rings. The standard InChI is InChI=1S/C19H15N3O4/c23-18-11-6-15(13-21(18)12-14-4-2-1-3-5-14)19(24)20-16-7-9-17(10-8-16)22(25)26/h1-11,13H,12H2,(H,20,24). The van der Waals surface area contributed by atoms with Crippen molar-refractivity contribution in [2.45, 2.75) is 6.54 Å². The molecule has 0 aliphatic rings. The Hall–Kier alpha value is -3.74. The molecule has 1 aromatic heterocycles. The fraction of sp³-hybridized carbons (Fsp3) is 0.0526. The van der Waals surface area contributed by atoms with E-state index in [1.54, 1.807) is 0 Å². The lowest BCUT2D eigenvalue weighted by molar-refractivity contribution is -0.384. The van der Waals surface area contributed by atoms with Crippen LogP contribution in [0.4, 0.5) is 11.4 Å². The molecular weight excluding hydrogens is 334 g/mol. The van der Waals surface area contributed by atoms with Gasteiger partial charge < -0.3 is 9.88 Å². The molecule has 2 aromatic carbocycles. The maximum atomic E-state index is 12.4. The Bertz CT molecular complexity index is 995. The molecule has 3 rings (SSSR count). The van der Waals surface area contributed by atoms with Crippen LogP contribution in [-0.2, 0) is 6.54 Å². The first-order valence-electron chi connectivity index (χ1n) is 7.83. The molecule has 7 heteroatoms. The Morgan fingerprint density at radius 3 is 2.35 bits per heavy atom. The molecule has 130 valence electrons. The highest BCUT2D eigenvalue weighted by Gasteiger charge is 2.10. The summed E-state index contributed by atoms with van der Waals surface area (Å²) in [6, 6.07) is 17.8. The van der Waals surface area contributed by atoms with E-state index in [4.69, 9.17) is 0 Å². The van der Waals surface area contributed by atoms with Gasteiger partial charge in [0.2, 0.25) is 0 Å². The molecule has 26 heavy (non-hydrogen) atoms. The molecule has 0 bridgehead atoms. The lowest BCUT2D eigenvalue weighted by Crippen LogP contribution is -2.22. The number of carbonyl (C=O) groups is 1. The molecule has 7 nitrogen and oxygen atoms in total. The van der Waals surface area contributed by atoms with Gasteiger partial charge in [-0.3, -0.25) is 19.7 Å². The molecule has 0 unspecified atom stereocenters. The average molecular weight is 349 g/mol. The highest BCUT2D eigenvalue weighted by Crippen LogP contribution is 2.16. The molecule has 3 aromatic rings. The van der Waals surface area contributed by atoms with Crippen LogP contribution in [0.5, 0.6) is 0 Å². The van der Waals surface area contributed by atoms with Crippen LogP contribution in [0.2, 0.25) is 0 Å². The van der Waals surface area contributed by atoms with Crippen molar-refractivity contribution in [2.75, 3.05) is 5.32 Å². The van der Waals surface area contributed by atoms with E-state index in [1.807, 2.05) is 30.3 Å². The molecule has 0 saturated carbocycles. The van der Waals surface area contributed by atoms with Crippen LogP contribution in [0.25, 0.3) is 0 Å². The average Bonchev–Trinajstić information content (AvgIpc) is 2.65. The van der Waals surface area contributed by atoms with E-state index >= 15 is 0 Å². The predicted molar refractivity (Wildman–Crippen MR) is 97.3 cm³/mol. The first kappa shape index (κ1) is 17.1. The number of nitrogens with zero attached hydrogens (tertiary/aromatic N) is 2. The summed E-state index contributed by atoms with van der Waals surface area (Å²) in [6.45, 7) is 0.359. The molecule has 0 atom stereocenters. The van der Waals surface area contributed by atoms with Gasteiger partial charge in [-0.05, 0) is 23.8 Å². The number of pyridine rings is 1. The number of nitro groups is 1. The van der Waals surface area contributed by atoms with Crippen LogP contribution in [0, 0.1) is 10.1 Å². The van der Waals surface area contributed by atoms with Crippen molar-refractivity contribution < 1.29 is 9.72 Å². The number of hydrogen-bond acceptors (Lipinski definition) is 4. The van der Waals surface area contributed by atoms with Crippen molar-refractivity contribution in [2.24, 2.45) is 0 Å². The molecule has 0 aliphatic heterocycles. The van der Waals surface area contributed by atoms with E-state index in [2.05, 4.69) is 5.32 Å². The second-order valence-electron chi connectivity index (χ2n) is 5.63.